The third kappa shape index (κ3) is 3.44. The molecule has 0 aliphatic heterocycles. The van der Waals surface area contributed by atoms with E-state index in [9.17, 15) is 4.39 Å². The first kappa shape index (κ1) is 17.7. The first-order valence-electron chi connectivity index (χ1n) is 9.03. The second-order valence-corrected chi connectivity index (χ2v) is 6.34. The van der Waals surface area contributed by atoms with Crippen molar-refractivity contribution >= 4 is 40.2 Å². The Hall–Kier alpha value is -3.67. The highest BCUT2D eigenvalue weighted by Crippen LogP contribution is 2.37. The number of anilines is 1. The van der Waals surface area contributed by atoms with Crippen LogP contribution in [0.2, 0.25) is 0 Å². The average molecular weight is 373 g/mol. The largest absolute Gasteiger partial charge is 0.390 e. The highest BCUT2D eigenvalue weighted by molar-refractivity contribution is 6.13. The number of rotatable bonds is 6. The van der Waals surface area contributed by atoms with Gasteiger partial charge >= 0.3 is 0 Å². The number of H-pyrrole nitrogens is 1. The number of nitrogens with one attached hydrogen (secondary N) is 2. The van der Waals surface area contributed by atoms with Crippen molar-refractivity contribution in [3.8, 4) is 11.1 Å². The normalized spacial score (nSPS) is 11.9. The quantitative estimate of drug-likeness (QED) is 0.263. The first-order valence-corrected chi connectivity index (χ1v) is 9.03. The van der Waals surface area contributed by atoms with Gasteiger partial charge in [-0.15, -0.1) is 0 Å². The molecule has 0 radical (unpaired) electrons. The lowest BCUT2D eigenvalue weighted by Gasteiger charge is -2.13. The molecule has 6 heteroatoms. The SMILES string of the molecule is NC=NC=NCCNc1c(-c2ccccc2)ccc2c1[nH]c1ccc(F)cc12. The van der Waals surface area contributed by atoms with E-state index in [1.54, 1.807) is 12.1 Å². The van der Waals surface area contributed by atoms with Gasteiger partial charge in [-0.05, 0) is 23.8 Å². The van der Waals surface area contributed by atoms with Gasteiger partial charge in [0.25, 0.3) is 0 Å². The minimum absolute atomic E-state index is 0.246. The monoisotopic (exact) mass is 373 g/mol. The second kappa shape index (κ2) is 7.92. The van der Waals surface area contributed by atoms with Gasteiger partial charge in [0.15, 0.2) is 0 Å². The van der Waals surface area contributed by atoms with Crippen LogP contribution in [-0.2, 0) is 0 Å². The first-order chi connectivity index (χ1) is 13.8. The second-order valence-electron chi connectivity index (χ2n) is 6.34. The highest BCUT2D eigenvalue weighted by atomic mass is 19.1. The van der Waals surface area contributed by atoms with E-state index in [0.717, 1.165) is 38.6 Å². The predicted octanol–water partition coefficient (Wildman–Crippen LogP) is 4.55. The fourth-order valence-corrected chi connectivity index (χ4v) is 3.37. The Morgan fingerprint density at radius 2 is 1.89 bits per heavy atom. The molecule has 0 fully saturated rings. The Balaban J connectivity index is 1.80. The fraction of sp³-hybridized carbons (Fsp3) is 0.0909. The Bertz CT molecular complexity index is 1160. The lowest BCUT2D eigenvalue weighted by molar-refractivity contribution is 0.630. The molecule has 0 bridgehead atoms. The summed E-state index contributed by atoms with van der Waals surface area (Å²) < 4.78 is 13.8. The van der Waals surface area contributed by atoms with Gasteiger partial charge in [0.2, 0.25) is 0 Å². The predicted molar refractivity (Wildman–Crippen MR) is 116 cm³/mol. The van der Waals surface area contributed by atoms with Crippen molar-refractivity contribution in [2.24, 2.45) is 15.7 Å². The molecule has 4 rings (SSSR count). The van der Waals surface area contributed by atoms with E-state index in [1.165, 1.54) is 18.7 Å². The van der Waals surface area contributed by atoms with Gasteiger partial charge in [0, 0.05) is 28.4 Å². The van der Waals surface area contributed by atoms with Crippen molar-refractivity contribution in [3.63, 3.8) is 0 Å². The van der Waals surface area contributed by atoms with E-state index in [4.69, 9.17) is 5.73 Å². The average Bonchev–Trinajstić information content (AvgIpc) is 3.09. The zero-order chi connectivity index (χ0) is 19.3. The van der Waals surface area contributed by atoms with Crippen molar-refractivity contribution in [2.75, 3.05) is 18.4 Å². The molecular formula is C22H20FN5. The Kier molecular flexibility index (Phi) is 5.01. The zero-order valence-corrected chi connectivity index (χ0v) is 15.2. The van der Waals surface area contributed by atoms with Crippen LogP contribution in [0, 0.1) is 5.82 Å². The number of nitrogens with zero attached hydrogens (tertiary/aromatic N) is 2. The lowest BCUT2D eigenvalue weighted by Crippen LogP contribution is -2.06. The number of aromatic amines is 1. The molecule has 0 aliphatic rings. The molecule has 1 heterocycles. The molecule has 0 spiro atoms. The molecule has 1 aromatic heterocycles. The maximum absolute atomic E-state index is 13.8. The molecule has 4 aromatic rings. The molecule has 28 heavy (non-hydrogen) atoms. The molecule has 4 N–H and O–H groups in total. The van der Waals surface area contributed by atoms with E-state index in [-0.39, 0.29) is 5.82 Å². The van der Waals surface area contributed by atoms with Crippen molar-refractivity contribution in [1.29, 1.82) is 0 Å². The summed E-state index contributed by atoms with van der Waals surface area (Å²) in [5.74, 6) is -0.246. The van der Waals surface area contributed by atoms with Crippen LogP contribution in [0.4, 0.5) is 10.1 Å². The summed E-state index contributed by atoms with van der Waals surface area (Å²) in [5.41, 5.74) is 10.2. The highest BCUT2D eigenvalue weighted by Gasteiger charge is 2.14. The smallest absolute Gasteiger partial charge is 0.123 e. The number of nitrogens with two attached hydrogens (primary N) is 1. The molecule has 0 atom stereocenters. The van der Waals surface area contributed by atoms with E-state index in [2.05, 4.69) is 38.5 Å². The minimum Gasteiger partial charge on any atom is -0.390 e. The molecule has 0 amide bonds. The van der Waals surface area contributed by atoms with Crippen LogP contribution in [0.5, 0.6) is 0 Å². The number of benzene rings is 3. The van der Waals surface area contributed by atoms with Gasteiger partial charge < -0.3 is 16.0 Å². The van der Waals surface area contributed by atoms with Crippen LogP contribution in [-0.4, -0.2) is 30.8 Å². The van der Waals surface area contributed by atoms with Gasteiger partial charge in [-0.3, -0.25) is 4.99 Å². The van der Waals surface area contributed by atoms with E-state index in [0.29, 0.717) is 13.1 Å². The summed E-state index contributed by atoms with van der Waals surface area (Å²) in [5, 5.41) is 5.33. The molecule has 0 aliphatic carbocycles. The van der Waals surface area contributed by atoms with E-state index < -0.39 is 0 Å². The fourth-order valence-electron chi connectivity index (χ4n) is 3.37. The van der Waals surface area contributed by atoms with Crippen LogP contribution < -0.4 is 11.1 Å². The molecule has 140 valence electrons. The van der Waals surface area contributed by atoms with Crippen LogP contribution >= 0.6 is 0 Å². The van der Waals surface area contributed by atoms with E-state index >= 15 is 0 Å². The Morgan fingerprint density at radius 1 is 1.04 bits per heavy atom. The number of hydrogen-bond acceptors (Lipinski definition) is 2. The van der Waals surface area contributed by atoms with Crippen molar-refractivity contribution < 1.29 is 4.39 Å². The van der Waals surface area contributed by atoms with Crippen LogP contribution in [0.15, 0.2) is 70.6 Å². The topological polar surface area (TPSA) is 78.6 Å². The van der Waals surface area contributed by atoms with E-state index in [1.807, 2.05) is 24.3 Å². The summed E-state index contributed by atoms with van der Waals surface area (Å²) in [6.45, 7) is 1.18. The Morgan fingerprint density at radius 3 is 2.71 bits per heavy atom. The van der Waals surface area contributed by atoms with Gasteiger partial charge in [-0.2, -0.15) is 0 Å². The van der Waals surface area contributed by atoms with Gasteiger partial charge in [-0.1, -0.05) is 42.5 Å². The number of hydrogen-bond donors (Lipinski definition) is 3. The standard InChI is InChI=1S/C22H20FN5/c23-16-6-9-20-19(12-16)18-8-7-17(15-4-2-1-3-5-15)21(22(18)28-20)27-11-10-25-14-26-13-24/h1-9,12-14,27-28H,10-11H2,(H2,24,25,26). The molecule has 3 aromatic carbocycles. The maximum Gasteiger partial charge on any atom is 0.123 e. The van der Waals surface area contributed by atoms with Crippen molar-refractivity contribution in [3.05, 3.63) is 66.5 Å². The molecular weight excluding hydrogens is 353 g/mol. The molecule has 0 saturated heterocycles. The Labute approximate surface area is 161 Å². The minimum atomic E-state index is -0.246. The van der Waals surface area contributed by atoms with Crippen LogP contribution in [0.3, 0.4) is 0 Å². The number of aliphatic imine (C=N–C) groups is 2. The summed E-state index contributed by atoms with van der Waals surface area (Å²) in [7, 11) is 0. The molecule has 0 saturated carbocycles. The van der Waals surface area contributed by atoms with Crippen molar-refractivity contribution in [1.82, 2.24) is 4.98 Å². The third-order valence-electron chi connectivity index (χ3n) is 4.60. The van der Waals surface area contributed by atoms with Crippen LogP contribution in [0.25, 0.3) is 32.9 Å². The summed E-state index contributed by atoms with van der Waals surface area (Å²) in [6, 6.07) is 19.1. The number of halogens is 1. The number of fused-ring (bicyclic) bond motifs is 3. The number of aromatic nitrogens is 1. The van der Waals surface area contributed by atoms with Gasteiger partial charge in [0.05, 0.1) is 24.1 Å². The zero-order valence-electron chi connectivity index (χ0n) is 15.2. The maximum atomic E-state index is 13.8. The van der Waals surface area contributed by atoms with Crippen LogP contribution in [0.1, 0.15) is 0 Å². The summed E-state index contributed by atoms with van der Waals surface area (Å²) >= 11 is 0. The van der Waals surface area contributed by atoms with Gasteiger partial charge in [0.1, 0.15) is 12.2 Å². The molecule has 0 unspecified atom stereocenters. The lowest BCUT2D eigenvalue weighted by atomic mass is 10.0. The van der Waals surface area contributed by atoms with Crippen molar-refractivity contribution in [2.45, 2.75) is 0 Å². The summed E-state index contributed by atoms with van der Waals surface area (Å²) in [6.07, 6.45) is 2.64. The van der Waals surface area contributed by atoms with Gasteiger partial charge in [-0.25, -0.2) is 9.38 Å². The molecule has 5 nitrogen and oxygen atoms in total. The third-order valence-corrected chi connectivity index (χ3v) is 4.60. The summed E-state index contributed by atoms with van der Waals surface area (Å²) in [4.78, 5) is 11.4.